The fourth-order valence-electron chi connectivity index (χ4n) is 2.29. The Bertz CT molecular complexity index is 1120. The van der Waals surface area contributed by atoms with Gasteiger partial charge in [-0.25, -0.2) is 8.78 Å². The molecule has 0 aliphatic heterocycles. The number of rotatable bonds is 4. The number of aromatic nitrogens is 3. The predicted molar refractivity (Wildman–Crippen MR) is 87.8 cm³/mol. The lowest BCUT2D eigenvalue weighted by molar-refractivity contribution is 0.292. The van der Waals surface area contributed by atoms with Crippen LogP contribution in [0.1, 0.15) is 21.1 Å². The zero-order valence-electron chi connectivity index (χ0n) is 16.4. The second-order valence-electron chi connectivity index (χ2n) is 5.29. The van der Waals surface area contributed by atoms with Crippen molar-refractivity contribution in [2.45, 2.75) is 20.4 Å². The van der Waals surface area contributed by atoms with Crippen molar-refractivity contribution in [2.24, 2.45) is 0 Å². The summed E-state index contributed by atoms with van der Waals surface area (Å²) in [5.74, 6) is -2.30. The van der Waals surface area contributed by atoms with E-state index in [1.54, 1.807) is 13.8 Å². The van der Waals surface area contributed by atoms with E-state index in [2.05, 4.69) is 9.97 Å². The van der Waals surface area contributed by atoms with Crippen molar-refractivity contribution in [1.29, 1.82) is 0 Å². The Morgan fingerprint density at radius 1 is 1.28 bits per heavy atom. The first-order valence-corrected chi connectivity index (χ1v) is 7.26. The van der Waals surface area contributed by atoms with Crippen LogP contribution in [0.3, 0.4) is 0 Å². The summed E-state index contributed by atoms with van der Waals surface area (Å²) in [5, 5.41) is 0. The molecule has 25 heavy (non-hydrogen) atoms. The minimum Gasteiger partial charge on any atom is -0.487 e. The zero-order chi connectivity index (χ0) is 20.6. The minimum atomic E-state index is -2.73. The van der Waals surface area contributed by atoms with E-state index >= 15 is 0 Å². The van der Waals surface area contributed by atoms with E-state index in [0.717, 1.165) is 6.07 Å². The standard InChI is InChI=1S/C18H15F2N3O2/c1-11-8-21-4-3-17(11)23-12(2)5-14(7-18(23)24)25-10-16-15(20)6-13(19)9-22-16/h3-9H,10H2,1-2H3/i4D,10D2. The van der Waals surface area contributed by atoms with Gasteiger partial charge in [-0.15, -0.1) is 0 Å². The van der Waals surface area contributed by atoms with Gasteiger partial charge in [0.05, 0.1) is 16.0 Å². The lowest BCUT2D eigenvalue weighted by Crippen LogP contribution is -2.21. The topological polar surface area (TPSA) is 57.0 Å². The van der Waals surface area contributed by atoms with Crippen LogP contribution in [-0.2, 0) is 6.56 Å². The Morgan fingerprint density at radius 3 is 2.80 bits per heavy atom. The van der Waals surface area contributed by atoms with Crippen LogP contribution in [0.15, 0.2) is 47.6 Å². The highest BCUT2D eigenvalue weighted by Crippen LogP contribution is 2.17. The minimum absolute atomic E-state index is 0.0126. The Balaban J connectivity index is 2.01. The van der Waals surface area contributed by atoms with Gasteiger partial charge in [0.2, 0.25) is 0 Å². The molecular weight excluding hydrogens is 328 g/mol. The Labute approximate surface area is 146 Å². The molecule has 0 aromatic carbocycles. The molecule has 5 nitrogen and oxygen atoms in total. The molecule has 0 unspecified atom stereocenters. The monoisotopic (exact) mass is 346 g/mol. The van der Waals surface area contributed by atoms with Gasteiger partial charge in [0.25, 0.3) is 5.56 Å². The van der Waals surface area contributed by atoms with Crippen LogP contribution in [0.4, 0.5) is 8.78 Å². The van der Waals surface area contributed by atoms with Gasteiger partial charge in [-0.2, -0.15) is 0 Å². The molecule has 0 spiro atoms. The SMILES string of the molecule is [2H]c1cc(-n2c(C)cc(OC([2H])([2H])c3ncc(F)cc3F)cc2=O)c(C)cn1. The maximum absolute atomic E-state index is 13.9. The van der Waals surface area contributed by atoms with Crippen LogP contribution >= 0.6 is 0 Å². The largest absolute Gasteiger partial charge is 0.487 e. The molecule has 0 amide bonds. The van der Waals surface area contributed by atoms with Gasteiger partial charge < -0.3 is 4.74 Å². The van der Waals surface area contributed by atoms with Gasteiger partial charge in [0.15, 0.2) is 5.82 Å². The van der Waals surface area contributed by atoms with Gasteiger partial charge in [-0.1, -0.05) is 0 Å². The lowest BCUT2D eigenvalue weighted by Gasteiger charge is -2.14. The van der Waals surface area contributed by atoms with Gasteiger partial charge in [-0.3, -0.25) is 19.3 Å². The first-order valence-electron chi connectivity index (χ1n) is 8.76. The van der Waals surface area contributed by atoms with Crippen LogP contribution in [-0.4, -0.2) is 14.5 Å². The summed E-state index contributed by atoms with van der Waals surface area (Å²) in [7, 11) is 0. The summed E-state index contributed by atoms with van der Waals surface area (Å²) in [4.78, 5) is 19.9. The van der Waals surface area contributed by atoms with Gasteiger partial charge in [0, 0.05) is 36.3 Å². The van der Waals surface area contributed by atoms with Crippen LogP contribution in [0, 0.1) is 25.5 Å². The Hall–Kier alpha value is -3.09. The molecule has 3 aromatic heterocycles. The third-order valence-electron chi connectivity index (χ3n) is 3.44. The molecular formula is C18H15F2N3O2. The van der Waals surface area contributed by atoms with Crippen LogP contribution in [0.25, 0.3) is 5.69 Å². The predicted octanol–water partition coefficient (Wildman–Crippen LogP) is 3.10. The average molecular weight is 346 g/mol. The molecule has 128 valence electrons. The van der Waals surface area contributed by atoms with Crippen molar-refractivity contribution in [2.75, 3.05) is 0 Å². The number of nitrogens with zero attached hydrogens (tertiary/aromatic N) is 3. The normalized spacial score (nSPS) is 13.0. The van der Waals surface area contributed by atoms with E-state index in [1.807, 2.05) is 0 Å². The second-order valence-corrected chi connectivity index (χ2v) is 5.29. The molecule has 0 radical (unpaired) electrons. The lowest BCUT2D eigenvalue weighted by atomic mass is 10.2. The van der Waals surface area contributed by atoms with Crippen LogP contribution in [0.5, 0.6) is 5.75 Å². The third-order valence-corrected chi connectivity index (χ3v) is 3.44. The van der Waals surface area contributed by atoms with Crippen LogP contribution < -0.4 is 10.3 Å². The molecule has 0 fully saturated rings. The van der Waals surface area contributed by atoms with Crippen LogP contribution in [0.2, 0.25) is 0 Å². The summed E-state index contributed by atoms with van der Waals surface area (Å²) >= 11 is 0. The molecule has 7 heteroatoms. The molecule has 3 aromatic rings. The molecule has 0 bridgehead atoms. The number of hydrogen-bond acceptors (Lipinski definition) is 4. The second kappa shape index (κ2) is 6.80. The third kappa shape index (κ3) is 3.55. The summed E-state index contributed by atoms with van der Waals surface area (Å²) < 4.78 is 56.8. The zero-order valence-corrected chi connectivity index (χ0v) is 13.4. The highest BCUT2D eigenvalue weighted by molar-refractivity contribution is 5.41. The van der Waals surface area contributed by atoms with Crippen molar-refractivity contribution in [1.82, 2.24) is 14.5 Å². The fourth-order valence-corrected chi connectivity index (χ4v) is 2.29. The maximum Gasteiger partial charge on any atom is 0.259 e. The fraction of sp³-hybridized carbons (Fsp3) is 0.167. The summed E-state index contributed by atoms with van der Waals surface area (Å²) in [5.41, 5.74) is 0.261. The smallest absolute Gasteiger partial charge is 0.259 e. The highest BCUT2D eigenvalue weighted by Gasteiger charge is 2.11. The molecule has 3 rings (SSSR count). The highest BCUT2D eigenvalue weighted by atomic mass is 19.1. The Morgan fingerprint density at radius 2 is 2.08 bits per heavy atom. The maximum atomic E-state index is 13.9. The van der Waals surface area contributed by atoms with Gasteiger partial charge >= 0.3 is 0 Å². The van der Waals surface area contributed by atoms with E-state index in [-0.39, 0.29) is 11.9 Å². The number of ether oxygens (including phenoxy) is 1. The molecule has 0 aliphatic rings. The van der Waals surface area contributed by atoms with Crippen molar-refractivity contribution in [3.8, 4) is 11.4 Å². The van der Waals surface area contributed by atoms with E-state index < -0.39 is 29.4 Å². The molecule has 0 saturated heterocycles. The first-order chi connectivity index (χ1) is 13.1. The quantitative estimate of drug-likeness (QED) is 0.728. The van der Waals surface area contributed by atoms with E-state index in [9.17, 15) is 13.6 Å². The number of hydrogen-bond donors (Lipinski definition) is 0. The van der Waals surface area contributed by atoms with Crippen molar-refractivity contribution in [3.05, 3.63) is 81.8 Å². The molecule has 0 aliphatic carbocycles. The van der Waals surface area contributed by atoms with E-state index in [1.165, 1.54) is 22.9 Å². The number of halogens is 2. The number of pyridine rings is 3. The average Bonchev–Trinajstić information content (AvgIpc) is 2.56. The molecule has 3 heterocycles. The van der Waals surface area contributed by atoms with Crippen molar-refractivity contribution < 1.29 is 17.6 Å². The summed E-state index contributed by atoms with van der Waals surface area (Å²) in [6, 6.07) is 4.36. The number of aryl methyl sites for hydroxylation is 2. The summed E-state index contributed by atoms with van der Waals surface area (Å²) in [6.45, 7) is 0.605. The van der Waals surface area contributed by atoms with E-state index in [4.69, 9.17) is 8.85 Å². The van der Waals surface area contributed by atoms with Crippen molar-refractivity contribution >= 4 is 0 Å². The van der Waals surface area contributed by atoms with Gasteiger partial charge in [0.1, 0.15) is 23.8 Å². The first kappa shape index (κ1) is 13.2. The summed E-state index contributed by atoms with van der Waals surface area (Å²) in [6.07, 6.45) is 2.13. The van der Waals surface area contributed by atoms with Crippen molar-refractivity contribution in [3.63, 3.8) is 0 Å². The Kier molecular flexibility index (Phi) is 3.60. The molecule has 0 atom stereocenters. The molecule has 0 saturated carbocycles. The molecule has 0 N–H and O–H groups in total. The van der Waals surface area contributed by atoms with E-state index in [0.29, 0.717) is 29.2 Å². The van der Waals surface area contributed by atoms with Gasteiger partial charge in [-0.05, 0) is 25.5 Å².